The fraction of sp³-hybridized carbons (Fsp3) is 0.294. The van der Waals surface area contributed by atoms with E-state index in [2.05, 4.69) is 38.1 Å². The smallest absolute Gasteiger partial charge is 0.119 e. The van der Waals surface area contributed by atoms with E-state index in [4.69, 9.17) is 10.5 Å². The first-order valence-electron chi connectivity index (χ1n) is 6.69. The minimum Gasteiger partial charge on any atom is -0.489 e. The van der Waals surface area contributed by atoms with Crippen molar-refractivity contribution in [1.82, 2.24) is 0 Å². The molecule has 0 saturated heterocycles. The Kier molecular flexibility index (Phi) is 4.58. The van der Waals surface area contributed by atoms with Crippen molar-refractivity contribution in [3.8, 4) is 5.75 Å². The number of ether oxygens (including phenoxy) is 1. The molecule has 0 saturated carbocycles. The van der Waals surface area contributed by atoms with Crippen LogP contribution in [0.15, 0.2) is 48.5 Å². The minimum absolute atomic E-state index is 0.554. The topological polar surface area (TPSA) is 35.2 Å². The van der Waals surface area contributed by atoms with Crippen LogP contribution in [0.2, 0.25) is 0 Å². The van der Waals surface area contributed by atoms with Crippen LogP contribution >= 0.6 is 0 Å². The molecule has 0 unspecified atom stereocenters. The van der Waals surface area contributed by atoms with E-state index in [1.807, 2.05) is 24.3 Å². The Bertz CT molecular complexity index is 500. The van der Waals surface area contributed by atoms with Crippen LogP contribution in [0, 0.1) is 0 Å². The van der Waals surface area contributed by atoms with Gasteiger partial charge in [-0.15, -0.1) is 0 Å². The lowest BCUT2D eigenvalue weighted by Crippen LogP contribution is -1.98. The van der Waals surface area contributed by atoms with Crippen LogP contribution in [0.5, 0.6) is 5.75 Å². The molecular weight excluding hydrogens is 234 g/mol. The van der Waals surface area contributed by atoms with Crippen LogP contribution < -0.4 is 10.5 Å². The number of rotatable bonds is 5. The van der Waals surface area contributed by atoms with Crippen molar-refractivity contribution in [3.05, 3.63) is 65.2 Å². The van der Waals surface area contributed by atoms with Crippen molar-refractivity contribution in [1.29, 1.82) is 0 Å². The Morgan fingerprint density at radius 3 is 2.00 bits per heavy atom. The third-order valence-corrected chi connectivity index (χ3v) is 3.21. The summed E-state index contributed by atoms with van der Waals surface area (Å²) in [4.78, 5) is 0. The maximum atomic E-state index is 5.77. The Labute approximate surface area is 115 Å². The molecule has 19 heavy (non-hydrogen) atoms. The highest BCUT2D eigenvalue weighted by Crippen LogP contribution is 2.19. The molecule has 0 heterocycles. The molecule has 0 atom stereocenters. The summed E-state index contributed by atoms with van der Waals surface area (Å²) < 4.78 is 5.77. The summed E-state index contributed by atoms with van der Waals surface area (Å²) in [6.07, 6.45) is 0. The average Bonchev–Trinajstić information content (AvgIpc) is 2.46. The third kappa shape index (κ3) is 3.83. The van der Waals surface area contributed by atoms with Crippen molar-refractivity contribution in [2.24, 2.45) is 5.73 Å². The number of hydrogen-bond donors (Lipinski definition) is 1. The van der Waals surface area contributed by atoms with Crippen molar-refractivity contribution < 1.29 is 4.74 Å². The van der Waals surface area contributed by atoms with Gasteiger partial charge in [-0.2, -0.15) is 0 Å². The van der Waals surface area contributed by atoms with Gasteiger partial charge < -0.3 is 10.5 Å². The van der Waals surface area contributed by atoms with Crippen molar-refractivity contribution in [3.63, 3.8) is 0 Å². The van der Waals surface area contributed by atoms with Gasteiger partial charge in [0, 0.05) is 6.54 Å². The molecule has 0 aliphatic carbocycles. The van der Waals surface area contributed by atoms with Crippen molar-refractivity contribution in [2.45, 2.75) is 32.9 Å². The van der Waals surface area contributed by atoms with Crippen LogP contribution in [-0.4, -0.2) is 0 Å². The maximum Gasteiger partial charge on any atom is 0.119 e. The molecule has 2 heteroatoms. The predicted octanol–water partition coefficient (Wildman–Crippen LogP) is 3.85. The summed E-state index contributed by atoms with van der Waals surface area (Å²) >= 11 is 0. The van der Waals surface area contributed by atoms with E-state index in [9.17, 15) is 0 Å². The maximum absolute atomic E-state index is 5.77. The van der Waals surface area contributed by atoms with Gasteiger partial charge >= 0.3 is 0 Å². The molecule has 2 N–H and O–H groups in total. The number of hydrogen-bond acceptors (Lipinski definition) is 2. The largest absolute Gasteiger partial charge is 0.489 e. The zero-order valence-corrected chi connectivity index (χ0v) is 11.6. The van der Waals surface area contributed by atoms with Gasteiger partial charge in [0.1, 0.15) is 12.4 Å². The van der Waals surface area contributed by atoms with Crippen LogP contribution in [0.1, 0.15) is 36.5 Å². The minimum atomic E-state index is 0.554. The van der Waals surface area contributed by atoms with Crippen LogP contribution in [-0.2, 0) is 13.2 Å². The van der Waals surface area contributed by atoms with Gasteiger partial charge in [0.15, 0.2) is 0 Å². The first kappa shape index (κ1) is 13.6. The Morgan fingerprint density at radius 2 is 1.47 bits per heavy atom. The Hall–Kier alpha value is -1.80. The van der Waals surface area contributed by atoms with Crippen molar-refractivity contribution in [2.75, 3.05) is 0 Å². The van der Waals surface area contributed by atoms with E-state index in [-0.39, 0.29) is 0 Å². The van der Waals surface area contributed by atoms with Gasteiger partial charge in [-0.3, -0.25) is 0 Å². The lowest BCUT2D eigenvalue weighted by Gasteiger charge is -2.09. The van der Waals surface area contributed by atoms with E-state index in [1.54, 1.807) is 0 Å². The first-order chi connectivity index (χ1) is 9.19. The molecule has 0 spiro atoms. The zero-order chi connectivity index (χ0) is 13.7. The highest BCUT2D eigenvalue weighted by molar-refractivity contribution is 5.29. The van der Waals surface area contributed by atoms with Gasteiger partial charge in [0.2, 0.25) is 0 Å². The highest BCUT2D eigenvalue weighted by Gasteiger charge is 2.00. The molecular formula is C17H21NO. The molecule has 0 aliphatic heterocycles. The van der Waals surface area contributed by atoms with Gasteiger partial charge in [-0.05, 0) is 34.7 Å². The second-order valence-electron chi connectivity index (χ2n) is 5.03. The van der Waals surface area contributed by atoms with Gasteiger partial charge in [0.25, 0.3) is 0 Å². The van der Waals surface area contributed by atoms with Crippen LogP contribution in [0.4, 0.5) is 0 Å². The predicted molar refractivity (Wildman–Crippen MR) is 79.2 cm³/mol. The first-order valence-corrected chi connectivity index (χ1v) is 6.69. The Balaban J connectivity index is 1.94. The summed E-state index contributed by atoms with van der Waals surface area (Å²) in [6, 6.07) is 16.5. The zero-order valence-electron chi connectivity index (χ0n) is 11.6. The molecule has 2 rings (SSSR count). The van der Waals surface area contributed by atoms with Gasteiger partial charge in [-0.25, -0.2) is 0 Å². The molecule has 0 radical (unpaired) electrons. The van der Waals surface area contributed by atoms with Crippen LogP contribution in [0.25, 0.3) is 0 Å². The van der Waals surface area contributed by atoms with E-state index >= 15 is 0 Å². The molecule has 0 aliphatic rings. The summed E-state index contributed by atoms with van der Waals surface area (Å²) in [5.74, 6) is 1.46. The average molecular weight is 255 g/mol. The third-order valence-electron chi connectivity index (χ3n) is 3.21. The lowest BCUT2D eigenvalue weighted by molar-refractivity contribution is 0.306. The fourth-order valence-electron chi connectivity index (χ4n) is 1.89. The van der Waals surface area contributed by atoms with E-state index in [0.29, 0.717) is 19.1 Å². The monoisotopic (exact) mass is 255 g/mol. The summed E-state index contributed by atoms with van der Waals surface area (Å²) in [5, 5.41) is 0. The standard InChI is InChI=1S/C17H21NO/c1-13(2)16-7-9-17(10-8-16)19-12-15-5-3-14(11-18)4-6-15/h3-10,13H,11-12,18H2,1-2H3. The van der Waals surface area contributed by atoms with E-state index < -0.39 is 0 Å². The highest BCUT2D eigenvalue weighted by atomic mass is 16.5. The molecule has 2 aromatic rings. The molecule has 0 fully saturated rings. The van der Waals surface area contributed by atoms with Gasteiger partial charge in [0.05, 0.1) is 0 Å². The second-order valence-corrected chi connectivity index (χ2v) is 5.03. The second kappa shape index (κ2) is 6.39. The quantitative estimate of drug-likeness (QED) is 0.880. The summed E-state index contributed by atoms with van der Waals surface area (Å²) in [6.45, 7) is 5.55. The fourth-order valence-corrected chi connectivity index (χ4v) is 1.89. The van der Waals surface area contributed by atoms with Crippen LogP contribution in [0.3, 0.4) is 0 Å². The number of benzene rings is 2. The van der Waals surface area contributed by atoms with E-state index in [0.717, 1.165) is 16.9 Å². The van der Waals surface area contributed by atoms with E-state index in [1.165, 1.54) is 5.56 Å². The number of nitrogens with two attached hydrogens (primary N) is 1. The normalized spacial score (nSPS) is 10.7. The van der Waals surface area contributed by atoms with Gasteiger partial charge in [-0.1, -0.05) is 50.2 Å². The summed E-state index contributed by atoms with van der Waals surface area (Å²) in [5.41, 5.74) is 9.21. The molecule has 0 amide bonds. The summed E-state index contributed by atoms with van der Waals surface area (Å²) in [7, 11) is 0. The SMILES string of the molecule is CC(C)c1ccc(OCc2ccc(CN)cc2)cc1. The molecule has 2 nitrogen and oxygen atoms in total. The molecule has 0 bridgehead atoms. The van der Waals surface area contributed by atoms with Crippen molar-refractivity contribution >= 4 is 0 Å². The lowest BCUT2D eigenvalue weighted by atomic mass is 10.0. The molecule has 0 aromatic heterocycles. The Morgan fingerprint density at radius 1 is 0.895 bits per heavy atom. The molecule has 2 aromatic carbocycles. The molecule has 100 valence electrons.